The lowest BCUT2D eigenvalue weighted by Crippen LogP contribution is -1.84. The topological polar surface area (TPSA) is 0 Å². The maximum atomic E-state index is 2.43. The van der Waals surface area contributed by atoms with Crippen LogP contribution in [0.2, 0.25) is 0 Å². The van der Waals surface area contributed by atoms with Gasteiger partial charge in [-0.3, -0.25) is 0 Å². The van der Waals surface area contributed by atoms with Crippen molar-refractivity contribution in [1.29, 1.82) is 0 Å². The largest absolute Gasteiger partial charge is 0.0654 e. The Bertz CT molecular complexity index is 231. The molecule has 0 aliphatic carbocycles. The molecular formula is C29H59. The van der Waals surface area contributed by atoms with Gasteiger partial charge in [0.25, 0.3) is 0 Å². The van der Waals surface area contributed by atoms with Crippen LogP contribution < -0.4 is 0 Å². The van der Waals surface area contributed by atoms with Gasteiger partial charge in [-0.25, -0.2) is 0 Å². The van der Waals surface area contributed by atoms with E-state index in [0.717, 1.165) is 0 Å². The predicted molar refractivity (Wildman–Crippen MR) is 136 cm³/mol. The first kappa shape index (κ1) is 29.0. The highest BCUT2D eigenvalue weighted by atomic mass is 14.0. The molecule has 0 saturated carbocycles. The predicted octanol–water partition coefficient (Wildman–Crippen LogP) is 11.4. The molecule has 0 nitrogen and oxygen atoms in total. The Morgan fingerprint density at radius 2 is 0.552 bits per heavy atom. The molecule has 0 N–H and O–H groups in total. The molecular weight excluding hydrogens is 348 g/mol. The van der Waals surface area contributed by atoms with Crippen LogP contribution in [0.3, 0.4) is 0 Å². The summed E-state index contributed by atoms with van der Waals surface area (Å²) in [6.07, 6.45) is 40.4. The maximum Gasteiger partial charge on any atom is -0.0389 e. The van der Waals surface area contributed by atoms with Crippen molar-refractivity contribution in [2.45, 2.75) is 181 Å². The van der Waals surface area contributed by atoms with Gasteiger partial charge in [0.2, 0.25) is 0 Å². The van der Waals surface area contributed by atoms with E-state index < -0.39 is 0 Å². The summed E-state index contributed by atoms with van der Waals surface area (Å²) in [5.74, 6) is 0. The fourth-order valence-corrected chi connectivity index (χ4v) is 4.46. The maximum absolute atomic E-state index is 2.43. The normalized spacial score (nSPS) is 11.4. The highest BCUT2D eigenvalue weighted by Gasteiger charge is 1.96. The van der Waals surface area contributed by atoms with Crippen molar-refractivity contribution >= 4 is 0 Å². The van der Waals surface area contributed by atoms with Crippen LogP contribution in [0.5, 0.6) is 0 Å². The zero-order valence-corrected chi connectivity index (χ0v) is 21.0. The summed E-state index contributed by atoms with van der Waals surface area (Å²) >= 11 is 0. The smallest absolute Gasteiger partial charge is 0.0389 e. The average Bonchev–Trinajstić information content (AvgIpc) is 2.74. The van der Waals surface area contributed by atoms with E-state index in [0.29, 0.717) is 0 Å². The molecule has 0 unspecified atom stereocenters. The molecule has 0 atom stereocenters. The Morgan fingerprint density at radius 3 is 0.793 bits per heavy atom. The summed E-state index contributed by atoms with van der Waals surface area (Å²) in [6, 6.07) is 0. The van der Waals surface area contributed by atoms with Crippen LogP contribution in [0, 0.1) is 6.42 Å². The van der Waals surface area contributed by atoms with Crippen molar-refractivity contribution in [2.75, 3.05) is 0 Å². The van der Waals surface area contributed by atoms with E-state index in [1.54, 1.807) is 0 Å². The van der Waals surface area contributed by atoms with E-state index in [9.17, 15) is 0 Å². The van der Waals surface area contributed by atoms with Gasteiger partial charge in [0.05, 0.1) is 0 Å². The molecule has 0 amide bonds. The molecule has 0 rings (SSSR count). The van der Waals surface area contributed by atoms with Crippen molar-refractivity contribution in [3.63, 3.8) is 0 Å². The third kappa shape index (κ3) is 28.0. The SMILES string of the molecule is CC[CH]CCCCCCCCCCCCCCCCCCCCCCCCCC. The zero-order valence-electron chi connectivity index (χ0n) is 21.0. The number of rotatable bonds is 26. The zero-order chi connectivity index (χ0) is 21.1. The first-order valence-corrected chi connectivity index (χ1v) is 14.2. The van der Waals surface area contributed by atoms with E-state index in [-0.39, 0.29) is 0 Å². The van der Waals surface area contributed by atoms with Crippen LogP contribution in [0.1, 0.15) is 181 Å². The van der Waals surface area contributed by atoms with Gasteiger partial charge < -0.3 is 0 Å². The lowest BCUT2D eigenvalue weighted by molar-refractivity contribution is 0.517. The first-order chi connectivity index (χ1) is 14.4. The number of unbranched alkanes of at least 4 members (excludes halogenated alkanes) is 26. The molecule has 0 aliphatic heterocycles. The van der Waals surface area contributed by atoms with E-state index in [1.165, 1.54) is 167 Å². The van der Waals surface area contributed by atoms with Gasteiger partial charge in [0.15, 0.2) is 0 Å². The Morgan fingerprint density at radius 1 is 0.310 bits per heavy atom. The van der Waals surface area contributed by atoms with Gasteiger partial charge in [-0.2, -0.15) is 0 Å². The van der Waals surface area contributed by atoms with Gasteiger partial charge in [0, 0.05) is 0 Å². The minimum absolute atomic E-state index is 1.25. The molecule has 0 saturated heterocycles. The second kappa shape index (κ2) is 28.0. The van der Waals surface area contributed by atoms with Crippen LogP contribution in [-0.4, -0.2) is 0 Å². The summed E-state index contributed by atoms with van der Waals surface area (Å²) in [5.41, 5.74) is 0. The van der Waals surface area contributed by atoms with Crippen LogP contribution in [0.25, 0.3) is 0 Å². The Kier molecular flexibility index (Phi) is 28.0. The summed E-state index contributed by atoms with van der Waals surface area (Å²) in [4.78, 5) is 0. The van der Waals surface area contributed by atoms with Crippen molar-refractivity contribution in [1.82, 2.24) is 0 Å². The second-order valence-electron chi connectivity index (χ2n) is 9.62. The third-order valence-electron chi connectivity index (χ3n) is 6.55. The molecule has 0 fully saturated rings. The Hall–Kier alpha value is 0. The minimum Gasteiger partial charge on any atom is -0.0654 e. The van der Waals surface area contributed by atoms with Crippen molar-refractivity contribution in [2.24, 2.45) is 0 Å². The molecule has 0 aromatic heterocycles. The van der Waals surface area contributed by atoms with Crippen LogP contribution in [0.4, 0.5) is 0 Å². The fraction of sp³-hybridized carbons (Fsp3) is 0.966. The Balaban J connectivity index is 2.97. The summed E-state index contributed by atoms with van der Waals surface area (Å²) in [5, 5.41) is 0. The van der Waals surface area contributed by atoms with Crippen LogP contribution in [0.15, 0.2) is 0 Å². The van der Waals surface area contributed by atoms with E-state index >= 15 is 0 Å². The van der Waals surface area contributed by atoms with E-state index in [2.05, 4.69) is 20.3 Å². The lowest BCUT2D eigenvalue weighted by atomic mass is 10.0. The quantitative estimate of drug-likeness (QED) is 0.125. The number of hydrogen-bond donors (Lipinski definition) is 0. The first-order valence-electron chi connectivity index (χ1n) is 14.2. The van der Waals surface area contributed by atoms with Crippen molar-refractivity contribution in [3.8, 4) is 0 Å². The molecule has 1 radical (unpaired) electrons. The molecule has 0 heterocycles. The third-order valence-corrected chi connectivity index (χ3v) is 6.55. The molecule has 0 aliphatic rings. The molecule has 29 heavy (non-hydrogen) atoms. The van der Waals surface area contributed by atoms with Crippen LogP contribution in [-0.2, 0) is 0 Å². The highest BCUT2D eigenvalue weighted by molar-refractivity contribution is 4.60. The molecule has 0 bridgehead atoms. The highest BCUT2D eigenvalue weighted by Crippen LogP contribution is 2.15. The fourth-order valence-electron chi connectivity index (χ4n) is 4.46. The van der Waals surface area contributed by atoms with Crippen LogP contribution >= 0.6 is 0 Å². The number of hydrogen-bond acceptors (Lipinski definition) is 0. The molecule has 0 spiro atoms. The monoisotopic (exact) mass is 407 g/mol. The molecule has 0 heteroatoms. The van der Waals surface area contributed by atoms with Crippen molar-refractivity contribution in [3.05, 3.63) is 6.42 Å². The standard InChI is InChI=1S/C29H59/c1-3-5-7-9-11-13-15-17-19-21-23-25-27-29-28-26-24-22-20-18-16-14-12-10-8-6-4-2/h5H,3-4,6-29H2,1-2H3. The minimum atomic E-state index is 1.25. The summed E-state index contributed by atoms with van der Waals surface area (Å²) in [7, 11) is 0. The lowest BCUT2D eigenvalue weighted by Gasteiger charge is -2.04. The van der Waals surface area contributed by atoms with Gasteiger partial charge >= 0.3 is 0 Å². The molecule has 175 valence electrons. The second-order valence-corrected chi connectivity index (χ2v) is 9.62. The average molecular weight is 408 g/mol. The van der Waals surface area contributed by atoms with E-state index in [4.69, 9.17) is 0 Å². The Labute approximate surface area is 187 Å². The summed E-state index contributed by atoms with van der Waals surface area (Å²) in [6.45, 7) is 4.55. The molecule has 0 aromatic carbocycles. The summed E-state index contributed by atoms with van der Waals surface area (Å²) < 4.78 is 0. The van der Waals surface area contributed by atoms with Gasteiger partial charge in [0.1, 0.15) is 0 Å². The van der Waals surface area contributed by atoms with E-state index in [1.807, 2.05) is 0 Å². The van der Waals surface area contributed by atoms with Gasteiger partial charge in [-0.15, -0.1) is 0 Å². The van der Waals surface area contributed by atoms with Gasteiger partial charge in [-0.1, -0.05) is 181 Å². The van der Waals surface area contributed by atoms with Crippen molar-refractivity contribution < 1.29 is 0 Å². The molecule has 0 aromatic rings. The van der Waals surface area contributed by atoms with Gasteiger partial charge in [-0.05, 0) is 6.42 Å².